The summed E-state index contributed by atoms with van der Waals surface area (Å²) in [6.07, 6.45) is 16.0. The third-order valence-corrected chi connectivity index (χ3v) is 6.42. The minimum atomic E-state index is -0.532. The standard InChI is InChI=1S/C25H31N3O3/c29-24(28(20-9-3-1-4-10-20)21-11-5-2-6-12-21)18-31-25(30)16-15-19-17-26-22-13-7-8-14-23(22)27-19/h7-8,13-17,20-21H,1-6,9-12,18H2/b16-15+. The molecule has 31 heavy (non-hydrogen) atoms. The van der Waals surface area contributed by atoms with E-state index in [1.807, 2.05) is 24.3 Å². The lowest BCUT2D eigenvalue weighted by Gasteiger charge is -2.41. The molecular weight excluding hydrogens is 390 g/mol. The van der Waals surface area contributed by atoms with Crippen LogP contribution in [0.2, 0.25) is 0 Å². The number of esters is 1. The molecule has 2 saturated carbocycles. The fourth-order valence-electron chi connectivity index (χ4n) is 4.88. The smallest absolute Gasteiger partial charge is 0.331 e. The Balaban J connectivity index is 1.35. The molecule has 2 fully saturated rings. The Kier molecular flexibility index (Phi) is 7.28. The first-order valence-corrected chi connectivity index (χ1v) is 11.6. The van der Waals surface area contributed by atoms with Crippen LogP contribution in [0.3, 0.4) is 0 Å². The van der Waals surface area contributed by atoms with Gasteiger partial charge in [0, 0.05) is 18.2 Å². The van der Waals surface area contributed by atoms with Crippen LogP contribution in [0, 0.1) is 0 Å². The van der Waals surface area contributed by atoms with Gasteiger partial charge in [-0.25, -0.2) is 9.78 Å². The number of benzene rings is 1. The number of hydrogen-bond donors (Lipinski definition) is 0. The molecule has 0 aliphatic heterocycles. The van der Waals surface area contributed by atoms with Crippen molar-refractivity contribution in [2.45, 2.75) is 76.3 Å². The van der Waals surface area contributed by atoms with E-state index in [4.69, 9.17) is 4.74 Å². The minimum absolute atomic E-state index is 0.0500. The second kappa shape index (κ2) is 10.5. The van der Waals surface area contributed by atoms with Crippen LogP contribution in [0.5, 0.6) is 0 Å². The third kappa shape index (κ3) is 5.69. The van der Waals surface area contributed by atoms with Crippen LogP contribution in [0.4, 0.5) is 0 Å². The van der Waals surface area contributed by atoms with Gasteiger partial charge in [0.2, 0.25) is 0 Å². The Labute approximate surface area is 183 Å². The summed E-state index contributed by atoms with van der Waals surface area (Å²) in [4.78, 5) is 36.2. The normalized spacial score (nSPS) is 18.3. The number of aromatic nitrogens is 2. The van der Waals surface area contributed by atoms with Gasteiger partial charge in [0.1, 0.15) is 0 Å². The highest BCUT2D eigenvalue weighted by Crippen LogP contribution is 2.30. The quantitative estimate of drug-likeness (QED) is 0.500. The highest BCUT2D eigenvalue weighted by atomic mass is 16.5. The minimum Gasteiger partial charge on any atom is -0.452 e. The van der Waals surface area contributed by atoms with E-state index in [0.29, 0.717) is 17.8 Å². The number of carbonyl (C=O) groups is 2. The first kappa shape index (κ1) is 21.5. The fraction of sp³-hybridized carbons (Fsp3) is 0.520. The first-order valence-electron chi connectivity index (χ1n) is 11.6. The fourth-order valence-corrected chi connectivity index (χ4v) is 4.88. The van der Waals surface area contributed by atoms with Gasteiger partial charge in [-0.15, -0.1) is 0 Å². The van der Waals surface area contributed by atoms with Crippen molar-refractivity contribution in [3.63, 3.8) is 0 Å². The average molecular weight is 422 g/mol. The van der Waals surface area contributed by atoms with Gasteiger partial charge in [-0.3, -0.25) is 9.78 Å². The van der Waals surface area contributed by atoms with Crippen molar-refractivity contribution >= 4 is 29.0 Å². The van der Waals surface area contributed by atoms with Crippen molar-refractivity contribution < 1.29 is 14.3 Å². The monoisotopic (exact) mass is 421 g/mol. The predicted molar refractivity (Wildman–Crippen MR) is 120 cm³/mol. The van der Waals surface area contributed by atoms with Crippen LogP contribution in [0.1, 0.15) is 69.9 Å². The van der Waals surface area contributed by atoms with Gasteiger partial charge in [-0.2, -0.15) is 0 Å². The number of para-hydroxylation sites is 2. The molecule has 1 heterocycles. The van der Waals surface area contributed by atoms with Gasteiger partial charge in [-0.1, -0.05) is 50.7 Å². The van der Waals surface area contributed by atoms with E-state index in [2.05, 4.69) is 14.9 Å². The van der Waals surface area contributed by atoms with Gasteiger partial charge in [-0.05, 0) is 43.9 Å². The lowest BCUT2D eigenvalue weighted by molar-refractivity contribution is -0.152. The maximum absolute atomic E-state index is 13.1. The van der Waals surface area contributed by atoms with Crippen molar-refractivity contribution in [2.24, 2.45) is 0 Å². The summed E-state index contributed by atoms with van der Waals surface area (Å²) >= 11 is 0. The molecule has 4 rings (SSSR count). The molecule has 164 valence electrons. The summed E-state index contributed by atoms with van der Waals surface area (Å²) in [5.41, 5.74) is 2.15. The van der Waals surface area contributed by atoms with Crippen molar-refractivity contribution in [1.82, 2.24) is 14.9 Å². The molecule has 6 nitrogen and oxygen atoms in total. The summed E-state index contributed by atoms with van der Waals surface area (Å²) in [5, 5.41) is 0. The SMILES string of the molecule is O=C(/C=C/c1cnc2ccccc2n1)OCC(=O)N(C1CCCCC1)C1CCCCC1. The van der Waals surface area contributed by atoms with Crippen LogP contribution < -0.4 is 0 Å². The topological polar surface area (TPSA) is 72.4 Å². The molecule has 0 N–H and O–H groups in total. The summed E-state index contributed by atoms with van der Waals surface area (Å²) < 4.78 is 5.31. The van der Waals surface area contributed by atoms with Crippen molar-refractivity contribution in [1.29, 1.82) is 0 Å². The van der Waals surface area contributed by atoms with E-state index < -0.39 is 5.97 Å². The molecule has 6 heteroatoms. The zero-order chi connectivity index (χ0) is 21.5. The Morgan fingerprint density at radius 3 is 2.19 bits per heavy atom. The lowest BCUT2D eigenvalue weighted by Crippen LogP contribution is -2.50. The van der Waals surface area contributed by atoms with Gasteiger partial charge >= 0.3 is 5.97 Å². The number of hydrogen-bond acceptors (Lipinski definition) is 5. The second-order valence-electron chi connectivity index (χ2n) is 8.61. The van der Waals surface area contributed by atoms with Gasteiger partial charge in [0.05, 0.1) is 22.9 Å². The highest BCUT2D eigenvalue weighted by Gasteiger charge is 2.32. The number of amides is 1. The van der Waals surface area contributed by atoms with Gasteiger partial charge < -0.3 is 9.64 Å². The summed E-state index contributed by atoms with van der Waals surface area (Å²) in [6, 6.07) is 8.17. The van der Waals surface area contributed by atoms with Crippen LogP contribution >= 0.6 is 0 Å². The van der Waals surface area contributed by atoms with E-state index >= 15 is 0 Å². The summed E-state index contributed by atoms with van der Waals surface area (Å²) in [7, 11) is 0. The summed E-state index contributed by atoms with van der Waals surface area (Å²) in [6.45, 7) is -0.195. The molecule has 0 saturated heterocycles. The molecule has 0 radical (unpaired) electrons. The molecule has 0 unspecified atom stereocenters. The third-order valence-electron chi connectivity index (χ3n) is 6.42. The molecule has 2 aromatic rings. The zero-order valence-electron chi connectivity index (χ0n) is 18.0. The van der Waals surface area contributed by atoms with Gasteiger partial charge in [0.25, 0.3) is 5.91 Å². The molecule has 1 aromatic carbocycles. The summed E-state index contributed by atoms with van der Waals surface area (Å²) in [5.74, 6) is -0.582. The van der Waals surface area contributed by atoms with Crippen LogP contribution in [-0.4, -0.2) is 45.4 Å². The van der Waals surface area contributed by atoms with Crippen molar-refractivity contribution in [3.8, 4) is 0 Å². The Morgan fingerprint density at radius 2 is 1.55 bits per heavy atom. The molecule has 2 aliphatic rings. The molecule has 0 atom stereocenters. The number of rotatable bonds is 6. The average Bonchev–Trinajstić information content (AvgIpc) is 2.83. The van der Waals surface area contributed by atoms with Crippen molar-refractivity contribution in [2.75, 3.05) is 6.61 Å². The van der Waals surface area contributed by atoms with Crippen molar-refractivity contribution in [3.05, 3.63) is 42.2 Å². The van der Waals surface area contributed by atoms with E-state index in [-0.39, 0.29) is 12.5 Å². The molecular formula is C25H31N3O3. The number of ether oxygens (including phenoxy) is 1. The second-order valence-corrected chi connectivity index (χ2v) is 8.61. The maximum atomic E-state index is 13.1. The lowest BCUT2D eigenvalue weighted by atomic mass is 9.88. The maximum Gasteiger partial charge on any atom is 0.331 e. The van der Waals surface area contributed by atoms with E-state index in [9.17, 15) is 9.59 Å². The molecule has 0 bridgehead atoms. The Morgan fingerprint density at radius 1 is 0.935 bits per heavy atom. The van der Waals surface area contributed by atoms with E-state index in [0.717, 1.165) is 36.7 Å². The van der Waals surface area contributed by atoms with E-state index in [1.54, 1.807) is 12.3 Å². The van der Waals surface area contributed by atoms with Crippen LogP contribution in [0.25, 0.3) is 17.1 Å². The van der Waals surface area contributed by atoms with Crippen LogP contribution in [0.15, 0.2) is 36.5 Å². The largest absolute Gasteiger partial charge is 0.452 e. The number of carbonyl (C=O) groups excluding carboxylic acids is 2. The Bertz CT molecular complexity index is 913. The number of nitrogens with zero attached hydrogens (tertiary/aromatic N) is 3. The Hall–Kier alpha value is -2.76. The first-order chi connectivity index (χ1) is 15.2. The molecule has 1 amide bonds. The van der Waals surface area contributed by atoms with Crippen LogP contribution in [-0.2, 0) is 14.3 Å². The highest BCUT2D eigenvalue weighted by molar-refractivity contribution is 5.89. The number of fused-ring (bicyclic) bond motifs is 1. The predicted octanol–water partition coefficient (Wildman–Crippen LogP) is 4.68. The van der Waals surface area contributed by atoms with E-state index in [1.165, 1.54) is 44.6 Å². The molecule has 0 spiro atoms. The molecule has 1 aromatic heterocycles. The van der Waals surface area contributed by atoms with Gasteiger partial charge in [0.15, 0.2) is 6.61 Å². The molecule has 2 aliphatic carbocycles. The zero-order valence-corrected chi connectivity index (χ0v) is 18.0.